The second-order valence-electron chi connectivity index (χ2n) is 7.22. The van der Waals surface area contributed by atoms with Crippen molar-refractivity contribution in [3.63, 3.8) is 0 Å². The predicted molar refractivity (Wildman–Crippen MR) is 106 cm³/mol. The molecule has 2 aromatic rings. The Balaban J connectivity index is 1.76. The first-order valence-corrected chi connectivity index (χ1v) is 11.3. The summed E-state index contributed by atoms with van der Waals surface area (Å²) >= 11 is 5.97. The standard InChI is InChI=1S/C20H25ClNO4S/c21-18-6-4-17-15-19(7-5-16(17)14-18)27(25,26)13-8-20(24)22(11-12-23)9-2-1-3-10-22/h4-7,14-15,23H,1-3,8-13H2/q+1. The van der Waals surface area contributed by atoms with E-state index in [1.807, 2.05) is 0 Å². The quantitative estimate of drug-likeness (QED) is 0.742. The van der Waals surface area contributed by atoms with Crippen LogP contribution in [0.2, 0.25) is 5.02 Å². The third-order valence-electron chi connectivity index (χ3n) is 5.45. The van der Waals surface area contributed by atoms with Crippen LogP contribution in [0, 0.1) is 0 Å². The highest BCUT2D eigenvalue weighted by atomic mass is 35.5. The van der Waals surface area contributed by atoms with Gasteiger partial charge in [-0.25, -0.2) is 13.2 Å². The molecule has 1 aliphatic rings. The Morgan fingerprint density at radius 3 is 2.41 bits per heavy atom. The summed E-state index contributed by atoms with van der Waals surface area (Å²) in [4.78, 5) is 13.0. The lowest BCUT2D eigenvalue weighted by atomic mass is 10.1. The molecule has 0 radical (unpaired) electrons. The molecule has 1 amide bonds. The molecular formula is C20H25ClNO4S+. The molecule has 0 saturated carbocycles. The number of quaternary nitrogens is 1. The van der Waals surface area contributed by atoms with Crippen molar-refractivity contribution >= 4 is 38.1 Å². The molecule has 0 unspecified atom stereocenters. The van der Waals surface area contributed by atoms with E-state index >= 15 is 0 Å². The Hall–Kier alpha value is -1.47. The minimum absolute atomic E-state index is 0.0268. The largest absolute Gasteiger partial charge is 0.390 e. The van der Waals surface area contributed by atoms with E-state index < -0.39 is 9.84 Å². The average Bonchev–Trinajstić information content (AvgIpc) is 2.66. The van der Waals surface area contributed by atoms with Gasteiger partial charge in [-0.2, -0.15) is 0 Å². The van der Waals surface area contributed by atoms with Crippen molar-refractivity contribution < 1.29 is 22.8 Å². The molecule has 0 aromatic heterocycles. The molecule has 0 aliphatic carbocycles. The van der Waals surface area contributed by atoms with E-state index in [4.69, 9.17) is 11.6 Å². The molecule has 1 heterocycles. The molecule has 1 N–H and O–H groups in total. The van der Waals surface area contributed by atoms with E-state index in [0.717, 1.165) is 30.0 Å². The predicted octanol–water partition coefficient (Wildman–Crippen LogP) is 3.18. The van der Waals surface area contributed by atoms with Gasteiger partial charge in [0.2, 0.25) is 0 Å². The molecule has 1 aliphatic heterocycles. The van der Waals surface area contributed by atoms with Crippen LogP contribution in [-0.2, 0) is 14.6 Å². The second kappa shape index (κ2) is 8.27. The van der Waals surface area contributed by atoms with Crippen LogP contribution in [0.25, 0.3) is 10.8 Å². The van der Waals surface area contributed by atoms with Gasteiger partial charge in [0.15, 0.2) is 9.84 Å². The summed E-state index contributed by atoms with van der Waals surface area (Å²) in [6.07, 6.45) is 2.93. The normalized spacial score (nSPS) is 17.1. The molecule has 0 spiro atoms. The number of carbonyl (C=O) groups is 1. The molecule has 27 heavy (non-hydrogen) atoms. The minimum atomic E-state index is -3.56. The van der Waals surface area contributed by atoms with Crippen LogP contribution >= 0.6 is 11.6 Å². The third-order valence-corrected chi connectivity index (χ3v) is 7.40. The number of piperidine rings is 1. The maximum absolute atomic E-state index is 12.8. The molecule has 5 nitrogen and oxygen atoms in total. The van der Waals surface area contributed by atoms with Crippen LogP contribution in [0.3, 0.4) is 0 Å². The van der Waals surface area contributed by atoms with Gasteiger partial charge < -0.3 is 5.11 Å². The van der Waals surface area contributed by atoms with Gasteiger partial charge in [0.1, 0.15) is 6.54 Å². The fourth-order valence-corrected chi connectivity index (χ4v) is 5.31. The molecule has 0 bridgehead atoms. The van der Waals surface area contributed by atoms with Crippen LogP contribution < -0.4 is 0 Å². The number of amides is 1. The molecular weight excluding hydrogens is 386 g/mol. The van der Waals surface area contributed by atoms with Crippen molar-refractivity contribution in [3.8, 4) is 0 Å². The second-order valence-corrected chi connectivity index (χ2v) is 9.76. The molecule has 0 atom stereocenters. The van der Waals surface area contributed by atoms with E-state index in [2.05, 4.69) is 0 Å². The lowest BCUT2D eigenvalue weighted by Crippen LogP contribution is -2.57. The number of aliphatic hydroxyl groups is 1. The highest BCUT2D eigenvalue weighted by Gasteiger charge is 2.37. The summed E-state index contributed by atoms with van der Waals surface area (Å²) in [7, 11) is -3.56. The summed E-state index contributed by atoms with van der Waals surface area (Å²) in [5.74, 6) is -0.295. The Bertz CT molecular complexity index is 931. The van der Waals surface area contributed by atoms with Crippen molar-refractivity contribution in [1.82, 2.24) is 0 Å². The highest BCUT2D eigenvalue weighted by molar-refractivity contribution is 7.91. The smallest absolute Gasteiger partial charge is 0.314 e. The number of rotatable bonds is 6. The van der Waals surface area contributed by atoms with Crippen molar-refractivity contribution in [3.05, 3.63) is 41.4 Å². The number of sulfone groups is 1. The van der Waals surface area contributed by atoms with Gasteiger partial charge in [-0.3, -0.25) is 4.48 Å². The molecule has 2 aromatic carbocycles. The van der Waals surface area contributed by atoms with Crippen LogP contribution in [0.15, 0.2) is 41.3 Å². The zero-order valence-corrected chi connectivity index (χ0v) is 16.8. The average molecular weight is 411 g/mol. The number of likely N-dealkylation sites (tertiary alicyclic amines) is 1. The summed E-state index contributed by atoms with van der Waals surface area (Å²) in [6, 6.07) is 10.2. The van der Waals surface area contributed by atoms with Crippen molar-refractivity contribution in [1.29, 1.82) is 0 Å². The van der Waals surface area contributed by atoms with Gasteiger partial charge in [0, 0.05) is 5.02 Å². The summed E-state index contributed by atoms with van der Waals surface area (Å²) in [5.41, 5.74) is 0. The minimum Gasteiger partial charge on any atom is -0.390 e. The number of hydrogen-bond donors (Lipinski definition) is 1. The fourth-order valence-electron chi connectivity index (χ4n) is 3.87. The van der Waals surface area contributed by atoms with Crippen LogP contribution in [-0.4, -0.2) is 55.9 Å². The Kier molecular flexibility index (Phi) is 6.21. The van der Waals surface area contributed by atoms with E-state index in [1.165, 1.54) is 0 Å². The summed E-state index contributed by atoms with van der Waals surface area (Å²) in [6.45, 7) is 1.69. The fraction of sp³-hybridized carbons (Fsp3) is 0.450. The topological polar surface area (TPSA) is 71.4 Å². The Morgan fingerprint density at radius 2 is 1.70 bits per heavy atom. The van der Waals surface area contributed by atoms with Crippen LogP contribution in [0.4, 0.5) is 0 Å². The van der Waals surface area contributed by atoms with E-state index in [9.17, 15) is 18.3 Å². The van der Waals surface area contributed by atoms with Gasteiger partial charge in [-0.05, 0) is 54.3 Å². The van der Waals surface area contributed by atoms with E-state index in [-0.39, 0.29) is 34.1 Å². The van der Waals surface area contributed by atoms with Gasteiger partial charge in [0.25, 0.3) is 0 Å². The number of carbonyl (C=O) groups excluding carboxylic acids is 1. The zero-order chi connectivity index (χ0) is 19.5. The maximum atomic E-state index is 12.8. The van der Waals surface area contributed by atoms with Gasteiger partial charge in [0.05, 0.1) is 36.8 Å². The first-order valence-electron chi connectivity index (χ1n) is 9.29. The number of halogens is 1. The molecule has 146 valence electrons. The number of nitrogens with zero attached hydrogens (tertiary/aromatic N) is 1. The molecule has 3 rings (SSSR count). The monoisotopic (exact) mass is 410 g/mol. The Morgan fingerprint density at radius 1 is 1.04 bits per heavy atom. The van der Waals surface area contributed by atoms with E-state index in [1.54, 1.807) is 36.4 Å². The zero-order valence-electron chi connectivity index (χ0n) is 15.2. The lowest BCUT2D eigenvalue weighted by Gasteiger charge is -2.38. The first kappa shape index (κ1) is 20.3. The van der Waals surface area contributed by atoms with Crippen molar-refractivity contribution in [2.45, 2.75) is 30.6 Å². The van der Waals surface area contributed by atoms with E-state index in [0.29, 0.717) is 24.7 Å². The number of aliphatic hydroxyl groups excluding tert-OH is 1. The summed E-state index contributed by atoms with van der Waals surface area (Å²) in [5, 5.41) is 11.6. The van der Waals surface area contributed by atoms with Crippen molar-refractivity contribution in [2.24, 2.45) is 0 Å². The van der Waals surface area contributed by atoms with Crippen LogP contribution in [0.1, 0.15) is 25.7 Å². The lowest BCUT2D eigenvalue weighted by molar-refractivity contribution is -0.860. The summed E-state index contributed by atoms with van der Waals surface area (Å²) < 4.78 is 25.7. The number of benzene rings is 2. The Labute approximate surface area is 165 Å². The van der Waals surface area contributed by atoms with Crippen molar-refractivity contribution in [2.75, 3.05) is 32.0 Å². The molecule has 7 heteroatoms. The van der Waals surface area contributed by atoms with Crippen LogP contribution in [0.5, 0.6) is 0 Å². The first-order chi connectivity index (χ1) is 12.9. The molecule has 1 fully saturated rings. The molecule has 1 saturated heterocycles. The van der Waals surface area contributed by atoms with Gasteiger partial charge >= 0.3 is 5.91 Å². The third kappa shape index (κ3) is 4.51. The van der Waals surface area contributed by atoms with Gasteiger partial charge in [-0.1, -0.05) is 23.7 Å². The maximum Gasteiger partial charge on any atom is 0.314 e. The highest BCUT2D eigenvalue weighted by Crippen LogP contribution is 2.25. The van der Waals surface area contributed by atoms with Gasteiger partial charge in [-0.15, -0.1) is 0 Å². The SMILES string of the molecule is O=C(CCS(=O)(=O)c1ccc2cc(Cl)ccc2c1)[N+]1(CCO)CCCCC1. The number of hydrogen-bond acceptors (Lipinski definition) is 4. The number of fused-ring (bicyclic) bond motifs is 1.